The van der Waals surface area contributed by atoms with Crippen LogP contribution in [0.4, 0.5) is 5.69 Å². The topological polar surface area (TPSA) is 95.0 Å². The highest BCUT2D eigenvalue weighted by Crippen LogP contribution is 2.17. The van der Waals surface area contributed by atoms with Gasteiger partial charge in [0.1, 0.15) is 6.54 Å². The molecular weight excluding hydrogens is 404 g/mol. The molecule has 0 aliphatic rings. The molecule has 0 unspecified atom stereocenters. The summed E-state index contributed by atoms with van der Waals surface area (Å²) in [5, 5.41) is 8.77. The Morgan fingerprint density at radius 3 is 2.03 bits per heavy atom. The molecule has 0 atom stereocenters. The fourth-order valence-electron chi connectivity index (χ4n) is 2.90. The summed E-state index contributed by atoms with van der Waals surface area (Å²) in [4.78, 5) is 25.3. The smallest absolute Gasteiger partial charge is 0.318 e. The molecule has 0 aliphatic carbocycles. The van der Waals surface area contributed by atoms with E-state index < -0.39 is 22.5 Å². The lowest BCUT2D eigenvalue weighted by Crippen LogP contribution is -2.32. The zero-order chi connectivity index (χ0) is 22.3. The number of carboxylic acids is 1. The van der Waals surface area contributed by atoms with E-state index in [2.05, 4.69) is 18.7 Å². The summed E-state index contributed by atoms with van der Waals surface area (Å²) in [6.07, 6.45) is 3.14. The van der Waals surface area contributed by atoms with Crippen molar-refractivity contribution in [2.75, 3.05) is 31.6 Å². The molecule has 160 valence electrons. The van der Waals surface area contributed by atoms with Crippen molar-refractivity contribution in [3.63, 3.8) is 0 Å². The Bertz CT molecular complexity index is 1010. The van der Waals surface area contributed by atoms with E-state index in [1.807, 2.05) is 24.3 Å². The van der Waals surface area contributed by atoms with Gasteiger partial charge in [0.15, 0.2) is 5.78 Å². The molecule has 0 aromatic heterocycles. The van der Waals surface area contributed by atoms with Crippen molar-refractivity contribution >= 4 is 33.5 Å². The largest absolute Gasteiger partial charge is 0.480 e. The molecule has 2 aromatic carbocycles. The summed E-state index contributed by atoms with van der Waals surface area (Å²) in [5.74, 6) is -1.51. The van der Waals surface area contributed by atoms with Crippen LogP contribution < -0.4 is 4.90 Å². The maximum Gasteiger partial charge on any atom is 0.318 e. The first-order valence-corrected chi connectivity index (χ1v) is 11.0. The quantitative estimate of drug-likeness (QED) is 0.460. The molecule has 0 aliphatic heterocycles. The van der Waals surface area contributed by atoms with Gasteiger partial charge < -0.3 is 10.0 Å². The molecule has 0 bridgehead atoms. The van der Waals surface area contributed by atoms with Crippen LogP contribution in [0.2, 0.25) is 0 Å². The summed E-state index contributed by atoms with van der Waals surface area (Å²) in [6.45, 7) is 5.39. The van der Waals surface area contributed by atoms with Gasteiger partial charge in [-0.05, 0) is 61.9 Å². The number of likely N-dealkylation sites (N-methyl/N-ethyl adjacent to an activating group) is 1. The van der Waals surface area contributed by atoms with Crippen LogP contribution >= 0.6 is 0 Å². The second-order valence-electron chi connectivity index (χ2n) is 6.64. The van der Waals surface area contributed by atoms with Crippen LogP contribution in [0.1, 0.15) is 29.8 Å². The lowest BCUT2D eigenvalue weighted by atomic mass is 10.1. The number of allylic oxidation sites excluding steroid dienone is 1. The van der Waals surface area contributed by atoms with Crippen molar-refractivity contribution in [1.82, 2.24) is 4.31 Å². The van der Waals surface area contributed by atoms with Crippen molar-refractivity contribution in [2.24, 2.45) is 0 Å². The molecule has 0 amide bonds. The van der Waals surface area contributed by atoms with Crippen molar-refractivity contribution in [2.45, 2.75) is 18.7 Å². The fourth-order valence-corrected chi connectivity index (χ4v) is 4.02. The zero-order valence-electron chi connectivity index (χ0n) is 17.3. The van der Waals surface area contributed by atoms with Crippen molar-refractivity contribution < 1.29 is 23.1 Å². The Hall–Kier alpha value is -2.97. The van der Waals surface area contributed by atoms with Crippen LogP contribution in [0.15, 0.2) is 59.5 Å². The first kappa shape index (κ1) is 23.3. The lowest BCUT2D eigenvalue weighted by molar-refractivity contribution is -0.137. The van der Waals surface area contributed by atoms with Gasteiger partial charge in [0, 0.05) is 31.4 Å². The first-order valence-electron chi connectivity index (χ1n) is 9.54. The minimum Gasteiger partial charge on any atom is -0.480 e. The fraction of sp³-hybridized carbons (Fsp3) is 0.273. The van der Waals surface area contributed by atoms with E-state index in [0.29, 0.717) is 5.56 Å². The van der Waals surface area contributed by atoms with Gasteiger partial charge in [0.25, 0.3) is 0 Å². The summed E-state index contributed by atoms with van der Waals surface area (Å²) in [5.41, 5.74) is 2.34. The van der Waals surface area contributed by atoms with Gasteiger partial charge in [-0.3, -0.25) is 9.59 Å². The van der Waals surface area contributed by atoms with Gasteiger partial charge in [-0.15, -0.1) is 0 Å². The van der Waals surface area contributed by atoms with E-state index in [0.717, 1.165) is 28.6 Å². The van der Waals surface area contributed by atoms with Gasteiger partial charge in [0.05, 0.1) is 4.90 Å². The number of benzene rings is 2. The molecule has 0 fully saturated rings. The zero-order valence-corrected chi connectivity index (χ0v) is 18.1. The first-order chi connectivity index (χ1) is 14.2. The Morgan fingerprint density at radius 2 is 1.53 bits per heavy atom. The van der Waals surface area contributed by atoms with Crippen LogP contribution in [0.3, 0.4) is 0 Å². The van der Waals surface area contributed by atoms with E-state index in [-0.39, 0.29) is 10.7 Å². The monoisotopic (exact) mass is 430 g/mol. The number of ketones is 1. The van der Waals surface area contributed by atoms with Crippen LogP contribution in [-0.4, -0.2) is 56.3 Å². The number of anilines is 1. The number of hydrogen-bond donors (Lipinski definition) is 1. The average Bonchev–Trinajstić information content (AvgIpc) is 2.73. The van der Waals surface area contributed by atoms with Gasteiger partial charge >= 0.3 is 5.97 Å². The molecule has 0 saturated heterocycles. The average molecular weight is 431 g/mol. The van der Waals surface area contributed by atoms with Crippen LogP contribution in [0.25, 0.3) is 6.08 Å². The molecule has 8 heteroatoms. The Kier molecular flexibility index (Phi) is 7.91. The Morgan fingerprint density at radius 1 is 0.967 bits per heavy atom. The standard InChI is InChI=1S/C22H26N2O5S/c1-4-24(5-2)19-11-6-17(7-12-19)8-15-21(25)18-9-13-20(14-10-18)30(28,29)23(3)16-22(26)27/h6-15H,4-5,16H2,1-3H3,(H,26,27)/b15-8+. The summed E-state index contributed by atoms with van der Waals surface area (Å²) < 4.78 is 25.4. The number of rotatable bonds is 10. The highest BCUT2D eigenvalue weighted by molar-refractivity contribution is 7.89. The number of aliphatic carboxylic acids is 1. The third-order valence-electron chi connectivity index (χ3n) is 4.65. The number of carboxylic acid groups (broad SMARTS) is 1. The van der Waals surface area contributed by atoms with E-state index in [9.17, 15) is 18.0 Å². The van der Waals surface area contributed by atoms with Gasteiger partial charge in [-0.1, -0.05) is 18.2 Å². The highest BCUT2D eigenvalue weighted by Gasteiger charge is 2.22. The lowest BCUT2D eigenvalue weighted by Gasteiger charge is -2.20. The second-order valence-corrected chi connectivity index (χ2v) is 8.69. The predicted molar refractivity (Wildman–Crippen MR) is 117 cm³/mol. The summed E-state index contributed by atoms with van der Waals surface area (Å²) in [6, 6.07) is 13.3. The van der Waals surface area contributed by atoms with Gasteiger partial charge in [0.2, 0.25) is 10.0 Å². The van der Waals surface area contributed by atoms with Crippen LogP contribution in [0.5, 0.6) is 0 Å². The number of nitrogens with zero attached hydrogens (tertiary/aromatic N) is 2. The van der Waals surface area contributed by atoms with Crippen LogP contribution in [0, 0.1) is 0 Å². The Labute approximate surface area is 177 Å². The number of carbonyl (C=O) groups excluding carboxylic acids is 1. The predicted octanol–water partition coefficient (Wildman–Crippen LogP) is 3.13. The van der Waals surface area contributed by atoms with Gasteiger partial charge in [-0.25, -0.2) is 8.42 Å². The molecule has 30 heavy (non-hydrogen) atoms. The maximum atomic E-state index is 12.4. The molecule has 2 aromatic rings. The Balaban J connectivity index is 2.10. The van der Waals surface area contributed by atoms with Crippen molar-refractivity contribution in [3.8, 4) is 0 Å². The molecule has 1 N–H and O–H groups in total. The van der Waals surface area contributed by atoms with Gasteiger partial charge in [-0.2, -0.15) is 4.31 Å². The van der Waals surface area contributed by atoms with Crippen molar-refractivity contribution in [3.05, 3.63) is 65.7 Å². The van der Waals surface area contributed by atoms with E-state index >= 15 is 0 Å². The summed E-state index contributed by atoms with van der Waals surface area (Å²) >= 11 is 0. The normalized spacial score (nSPS) is 11.7. The molecule has 0 spiro atoms. The number of sulfonamides is 1. The highest BCUT2D eigenvalue weighted by atomic mass is 32.2. The molecule has 2 rings (SSSR count). The minimum absolute atomic E-state index is 0.0706. The molecular formula is C22H26N2O5S. The van der Waals surface area contributed by atoms with E-state index in [4.69, 9.17) is 5.11 Å². The molecule has 0 heterocycles. The maximum absolute atomic E-state index is 12.4. The van der Waals surface area contributed by atoms with Crippen molar-refractivity contribution in [1.29, 1.82) is 0 Å². The second kappa shape index (κ2) is 10.2. The van der Waals surface area contributed by atoms with E-state index in [1.165, 1.54) is 37.4 Å². The van der Waals surface area contributed by atoms with Crippen LogP contribution in [-0.2, 0) is 14.8 Å². The SMILES string of the molecule is CCN(CC)c1ccc(/C=C/C(=O)c2ccc(S(=O)(=O)N(C)CC(=O)O)cc2)cc1. The molecule has 7 nitrogen and oxygen atoms in total. The number of hydrogen-bond acceptors (Lipinski definition) is 5. The van der Waals surface area contributed by atoms with E-state index in [1.54, 1.807) is 6.08 Å². The molecule has 0 radical (unpaired) electrons. The minimum atomic E-state index is -3.93. The number of carbonyl (C=O) groups is 2. The summed E-state index contributed by atoms with van der Waals surface area (Å²) in [7, 11) is -2.74. The molecule has 0 saturated carbocycles. The third-order valence-corrected chi connectivity index (χ3v) is 6.47. The third kappa shape index (κ3) is 5.77.